The van der Waals surface area contributed by atoms with Gasteiger partial charge in [0.15, 0.2) is 0 Å². The molecule has 4 heteroatoms. The Morgan fingerprint density at radius 3 is 2.60 bits per heavy atom. The molecule has 3 heterocycles. The SMILES string of the molecule is CCC(=O)N1C2CCC1CN(C(C)c1ccccn1)C2. The van der Waals surface area contributed by atoms with Gasteiger partial charge in [-0.05, 0) is 31.9 Å². The summed E-state index contributed by atoms with van der Waals surface area (Å²) in [6, 6.07) is 7.25. The summed E-state index contributed by atoms with van der Waals surface area (Å²) in [6.45, 7) is 6.16. The minimum Gasteiger partial charge on any atom is -0.334 e. The smallest absolute Gasteiger partial charge is 0.222 e. The first-order valence-electron chi connectivity index (χ1n) is 7.66. The maximum Gasteiger partial charge on any atom is 0.222 e. The number of hydrogen-bond donors (Lipinski definition) is 0. The highest BCUT2D eigenvalue weighted by molar-refractivity contribution is 5.77. The molecule has 0 radical (unpaired) electrons. The minimum atomic E-state index is 0.322. The van der Waals surface area contributed by atoms with Crippen LogP contribution in [0.1, 0.15) is 44.8 Å². The molecular weight excluding hydrogens is 250 g/mol. The molecule has 0 saturated carbocycles. The lowest BCUT2D eigenvalue weighted by molar-refractivity contribution is -0.137. The zero-order chi connectivity index (χ0) is 14.1. The molecule has 1 aromatic heterocycles. The molecule has 2 fully saturated rings. The van der Waals surface area contributed by atoms with Gasteiger partial charge in [-0.2, -0.15) is 0 Å². The predicted octanol–water partition coefficient (Wildman–Crippen LogP) is 2.23. The normalized spacial score (nSPS) is 27.6. The zero-order valence-corrected chi connectivity index (χ0v) is 12.3. The van der Waals surface area contributed by atoms with Gasteiger partial charge >= 0.3 is 0 Å². The highest BCUT2D eigenvalue weighted by atomic mass is 16.2. The number of carbonyl (C=O) groups is 1. The molecule has 0 aromatic carbocycles. The van der Waals surface area contributed by atoms with E-state index in [4.69, 9.17) is 0 Å². The second-order valence-corrected chi connectivity index (χ2v) is 5.92. The number of rotatable bonds is 3. The predicted molar refractivity (Wildman–Crippen MR) is 78.2 cm³/mol. The Morgan fingerprint density at radius 2 is 2.05 bits per heavy atom. The number of aromatic nitrogens is 1. The van der Waals surface area contributed by atoms with E-state index in [9.17, 15) is 4.79 Å². The molecular formula is C16H23N3O. The molecule has 3 atom stereocenters. The van der Waals surface area contributed by atoms with Gasteiger partial charge in [0, 0.05) is 43.8 Å². The number of hydrogen-bond acceptors (Lipinski definition) is 3. The second kappa shape index (κ2) is 5.52. The lowest BCUT2D eigenvalue weighted by atomic mass is 10.1. The third kappa shape index (κ3) is 2.33. The van der Waals surface area contributed by atoms with Gasteiger partial charge < -0.3 is 4.90 Å². The van der Waals surface area contributed by atoms with Gasteiger partial charge in [-0.25, -0.2) is 0 Å². The lowest BCUT2D eigenvalue weighted by Gasteiger charge is -2.43. The minimum absolute atomic E-state index is 0.322. The first kappa shape index (κ1) is 13.6. The maximum absolute atomic E-state index is 12.1. The van der Waals surface area contributed by atoms with E-state index in [1.165, 1.54) is 0 Å². The molecule has 3 unspecified atom stereocenters. The van der Waals surface area contributed by atoms with Gasteiger partial charge in [-0.3, -0.25) is 14.7 Å². The summed E-state index contributed by atoms with van der Waals surface area (Å²) in [5.74, 6) is 0.322. The number of fused-ring (bicyclic) bond motifs is 2. The van der Waals surface area contributed by atoms with Crippen LogP contribution in [-0.4, -0.2) is 45.9 Å². The largest absolute Gasteiger partial charge is 0.334 e. The Kier molecular flexibility index (Phi) is 3.74. The van der Waals surface area contributed by atoms with Crippen molar-refractivity contribution in [1.82, 2.24) is 14.8 Å². The molecule has 0 N–H and O–H groups in total. The molecule has 1 amide bonds. The summed E-state index contributed by atoms with van der Waals surface area (Å²) < 4.78 is 0. The van der Waals surface area contributed by atoms with Gasteiger partial charge in [-0.15, -0.1) is 0 Å². The Hall–Kier alpha value is -1.42. The number of amides is 1. The maximum atomic E-state index is 12.1. The number of likely N-dealkylation sites (tertiary alicyclic amines) is 1. The summed E-state index contributed by atoms with van der Waals surface area (Å²) in [4.78, 5) is 21.2. The monoisotopic (exact) mass is 273 g/mol. The Bertz CT molecular complexity index is 462. The summed E-state index contributed by atoms with van der Waals surface area (Å²) in [6.07, 6.45) is 4.80. The van der Waals surface area contributed by atoms with Crippen molar-refractivity contribution in [1.29, 1.82) is 0 Å². The summed E-state index contributed by atoms with van der Waals surface area (Å²) in [5.41, 5.74) is 1.13. The van der Waals surface area contributed by atoms with E-state index < -0.39 is 0 Å². The zero-order valence-electron chi connectivity index (χ0n) is 12.3. The summed E-state index contributed by atoms with van der Waals surface area (Å²) in [7, 11) is 0. The van der Waals surface area contributed by atoms with E-state index in [-0.39, 0.29) is 0 Å². The van der Waals surface area contributed by atoms with Crippen LogP contribution in [-0.2, 0) is 4.79 Å². The van der Waals surface area contributed by atoms with Crippen LogP contribution in [0.5, 0.6) is 0 Å². The van der Waals surface area contributed by atoms with E-state index in [2.05, 4.69) is 27.8 Å². The van der Waals surface area contributed by atoms with Gasteiger partial charge in [-0.1, -0.05) is 13.0 Å². The van der Waals surface area contributed by atoms with Crippen LogP contribution < -0.4 is 0 Å². The van der Waals surface area contributed by atoms with Crippen molar-refractivity contribution in [2.75, 3.05) is 13.1 Å². The molecule has 2 aliphatic rings. The van der Waals surface area contributed by atoms with Gasteiger partial charge in [0.1, 0.15) is 0 Å². The Morgan fingerprint density at radius 1 is 1.35 bits per heavy atom. The van der Waals surface area contributed by atoms with Crippen molar-refractivity contribution in [3.63, 3.8) is 0 Å². The number of carbonyl (C=O) groups excluding carboxylic acids is 1. The van der Waals surface area contributed by atoms with Crippen molar-refractivity contribution < 1.29 is 4.79 Å². The van der Waals surface area contributed by atoms with E-state index in [0.717, 1.165) is 31.6 Å². The van der Waals surface area contributed by atoms with E-state index in [1.54, 1.807) is 0 Å². The topological polar surface area (TPSA) is 36.4 Å². The fraction of sp³-hybridized carbons (Fsp3) is 0.625. The fourth-order valence-electron chi connectivity index (χ4n) is 3.65. The van der Waals surface area contributed by atoms with Crippen LogP contribution in [0.3, 0.4) is 0 Å². The average Bonchev–Trinajstić information content (AvgIpc) is 2.76. The van der Waals surface area contributed by atoms with E-state index >= 15 is 0 Å². The first-order chi connectivity index (χ1) is 9.70. The highest BCUT2D eigenvalue weighted by Crippen LogP contribution is 2.34. The third-order valence-corrected chi connectivity index (χ3v) is 4.76. The molecule has 20 heavy (non-hydrogen) atoms. The van der Waals surface area contributed by atoms with Crippen molar-refractivity contribution >= 4 is 5.91 Å². The quantitative estimate of drug-likeness (QED) is 0.847. The van der Waals surface area contributed by atoms with Crippen LogP contribution in [0.25, 0.3) is 0 Å². The second-order valence-electron chi connectivity index (χ2n) is 5.92. The molecule has 2 aliphatic heterocycles. The van der Waals surface area contributed by atoms with Crippen LogP contribution in [0.15, 0.2) is 24.4 Å². The highest BCUT2D eigenvalue weighted by Gasteiger charge is 2.43. The summed E-state index contributed by atoms with van der Waals surface area (Å²) in [5, 5.41) is 0. The number of pyridine rings is 1. The molecule has 108 valence electrons. The van der Waals surface area contributed by atoms with E-state index in [0.29, 0.717) is 30.5 Å². The molecule has 2 saturated heterocycles. The molecule has 4 nitrogen and oxygen atoms in total. The van der Waals surface area contributed by atoms with Crippen LogP contribution in [0.2, 0.25) is 0 Å². The lowest BCUT2D eigenvalue weighted by Crippen LogP contribution is -2.56. The summed E-state index contributed by atoms with van der Waals surface area (Å²) >= 11 is 0. The van der Waals surface area contributed by atoms with Crippen molar-refractivity contribution in [3.8, 4) is 0 Å². The van der Waals surface area contributed by atoms with Crippen LogP contribution in [0.4, 0.5) is 0 Å². The Balaban J connectivity index is 1.73. The Labute approximate surface area is 120 Å². The van der Waals surface area contributed by atoms with Crippen molar-refractivity contribution in [2.24, 2.45) is 0 Å². The number of nitrogens with zero attached hydrogens (tertiary/aromatic N) is 3. The molecule has 1 aromatic rings. The van der Waals surface area contributed by atoms with Crippen molar-refractivity contribution in [2.45, 2.75) is 51.2 Å². The molecule has 2 bridgehead atoms. The van der Waals surface area contributed by atoms with Gasteiger partial charge in [0.05, 0.1) is 5.69 Å². The van der Waals surface area contributed by atoms with Crippen molar-refractivity contribution in [3.05, 3.63) is 30.1 Å². The molecule has 0 aliphatic carbocycles. The van der Waals surface area contributed by atoms with Gasteiger partial charge in [0.25, 0.3) is 0 Å². The fourth-order valence-corrected chi connectivity index (χ4v) is 3.65. The first-order valence-corrected chi connectivity index (χ1v) is 7.66. The molecule has 0 spiro atoms. The number of piperazine rings is 1. The van der Waals surface area contributed by atoms with Gasteiger partial charge in [0.2, 0.25) is 5.91 Å². The molecule has 3 rings (SSSR count). The van der Waals surface area contributed by atoms with Crippen LogP contribution >= 0.6 is 0 Å². The van der Waals surface area contributed by atoms with Crippen LogP contribution in [0, 0.1) is 0 Å². The third-order valence-electron chi connectivity index (χ3n) is 4.76. The standard InChI is InChI=1S/C16H23N3O/c1-3-16(20)19-13-7-8-14(19)11-18(10-13)12(2)15-6-4-5-9-17-15/h4-6,9,12-14H,3,7-8,10-11H2,1-2H3. The average molecular weight is 273 g/mol. The van der Waals surface area contributed by atoms with E-state index in [1.807, 2.05) is 25.3 Å².